The molecule has 0 saturated heterocycles. The highest BCUT2D eigenvalue weighted by Crippen LogP contribution is 2.45. The molecule has 0 unspecified atom stereocenters. The summed E-state index contributed by atoms with van der Waals surface area (Å²) in [6.45, 7) is 0. The summed E-state index contributed by atoms with van der Waals surface area (Å²) in [4.78, 5) is 0. The van der Waals surface area contributed by atoms with Crippen LogP contribution in [0.25, 0.3) is 246 Å². The van der Waals surface area contributed by atoms with Gasteiger partial charge in [-0.1, -0.05) is 285 Å². The zero-order valence-electron chi connectivity index (χ0n) is 69.3. The summed E-state index contributed by atoms with van der Waals surface area (Å²) in [6, 6.07) is 164. The van der Waals surface area contributed by atoms with Crippen LogP contribution in [-0.4, -0.2) is 22.8 Å². The van der Waals surface area contributed by atoms with Crippen molar-refractivity contribution in [1.82, 2.24) is 22.8 Å². The molecule has 0 atom stereocenters. The number of furan rings is 2. The molecule has 0 fully saturated rings. The molecule has 0 bridgehead atoms. The Morgan fingerprint density at radius 3 is 0.727 bits per heavy atom. The van der Waals surface area contributed by atoms with E-state index < -0.39 is 0 Å². The maximum atomic E-state index is 6.19. The molecule has 0 spiro atoms. The summed E-state index contributed by atoms with van der Waals surface area (Å²) in [7, 11) is 0. The van der Waals surface area contributed by atoms with E-state index in [2.05, 4.69) is 454 Å². The topological polar surface area (TPSA) is 50.9 Å². The fraction of sp³-hybridized carbons (Fsp3) is 0. The number of aromatic nitrogens is 5. The van der Waals surface area contributed by atoms with Crippen LogP contribution < -0.4 is 0 Å². The van der Waals surface area contributed by atoms with E-state index >= 15 is 0 Å². The van der Waals surface area contributed by atoms with Crippen molar-refractivity contribution in [1.29, 1.82) is 0 Å². The average molecular weight is 1650 g/mol. The third kappa shape index (κ3) is 11.8. The van der Waals surface area contributed by atoms with E-state index in [-0.39, 0.29) is 0 Å². The van der Waals surface area contributed by atoms with Crippen molar-refractivity contribution < 1.29 is 8.83 Å². The van der Waals surface area contributed by atoms with E-state index in [1.54, 1.807) is 0 Å². The van der Waals surface area contributed by atoms with Gasteiger partial charge in [0.25, 0.3) is 0 Å². The predicted molar refractivity (Wildman–Crippen MR) is 540 cm³/mol. The van der Waals surface area contributed by atoms with Crippen LogP contribution in [-0.2, 0) is 0 Å². The molecule has 0 aliphatic carbocycles. The average Bonchev–Trinajstić information content (AvgIpc) is 1.58. The molecule has 0 saturated carbocycles. The van der Waals surface area contributed by atoms with Crippen LogP contribution >= 0.6 is 11.3 Å². The van der Waals surface area contributed by atoms with Crippen molar-refractivity contribution in [2.24, 2.45) is 0 Å². The first-order valence-corrected chi connectivity index (χ1v) is 44.5. The van der Waals surface area contributed by atoms with E-state index in [9.17, 15) is 0 Å². The second-order valence-electron chi connectivity index (χ2n) is 33.4. The van der Waals surface area contributed by atoms with Crippen LogP contribution in [0, 0.1) is 0 Å². The minimum Gasteiger partial charge on any atom is -0.456 e. The molecule has 598 valence electrons. The Bertz CT molecular complexity index is 8460. The van der Waals surface area contributed by atoms with Gasteiger partial charge in [0.05, 0.1) is 55.2 Å². The van der Waals surface area contributed by atoms with Crippen LogP contribution in [0.3, 0.4) is 0 Å². The first-order chi connectivity index (χ1) is 63.5. The van der Waals surface area contributed by atoms with Crippen LogP contribution in [0.5, 0.6) is 0 Å². The third-order valence-corrected chi connectivity index (χ3v) is 27.3. The molecule has 0 aliphatic rings. The number of hydrogen-bond acceptors (Lipinski definition) is 3. The van der Waals surface area contributed by atoms with Crippen molar-refractivity contribution in [3.8, 4) is 72.9 Å². The second kappa shape index (κ2) is 29.5. The van der Waals surface area contributed by atoms with Gasteiger partial charge in [-0.25, -0.2) is 0 Å². The number of thiophene rings is 1. The minimum atomic E-state index is 0.904. The number of nitrogens with zero attached hydrogens (tertiary/aromatic N) is 5. The summed E-state index contributed by atoms with van der Waals surface area (Å²) in [5, 5.41) is 19.8. The van der Waals surface area contributed by atoms with Crippen LogP contribution in [0.15, 0.2) is 464 Å². The Labute approximate surface area is 738 Å². The number of fused-ring (bicyclic) bond motifs is 24. The van der Waals surface area contributed by atoms with Crippen LogP contribution in [0.2, 0.25) is 0 Å². The van der Waals surface area contributed by atoms with E-state index in [0.717, 1.165) is 77.8 Å². The lowest BCUT2D eigenvalue weighted by atomic mass is 9.98. The Balaban J connectivity index is 0.000000102. The lowest BCUT2D eigenvalue weighted by Gasteiger charge is -2.16. The van der Waals surface area contributed by atoms with Gasteiger partial charge in [0, 0.05) is 124 Å². The Hall–Kier alpha value is -16.8. The maximum absolute atomic E-state index is 6.19. The van der Waals surface area contributed by atoms with Gasteiger partial charge in [0.1, 0.15) is 22.3 Å². The standard InChI is InChI=1S/C42H26N2O.C42H26N2S.C36H23NO/c2*1-6-16-37-31(11-1)32-12-2-7-17-38(32)43(37)29-23-28(27-21-22-42-36(25-27)35-15-5-10-20-41(35)45-42)24-30(26-29)44-39-18-8-3-13-33(39)34-14-4-9-19-40(34)44;1-4-13-33-29(10-1)30-11-2-5-14-34(30)37(33)28-19-16-24(17-20-28)25-8-7-9-26(22-25)27-18-21-36-32(23-27)31-12-3-6-15-35(31)38-36/h2*1-26H;1-23H. The SMILES string of the molecule is c1cc(-c2ccc(-n3c4ccccc4c4ccccc43)cc2)cc(-c2ccc3oc4ccccc4c3c2)c1.c1ccc2c(c1)oc1ccc(-c3cc(-n4c5ccccc5c5ccccc54)cc(-n4c5ccccc5c5ccccc54)c3)cc12.c1ccc2c(c1)sc1ccc(-c3cc(-n4c5ccccc5c5ccccc54)cc(-n4c5ccccc5c5ccccc54)c3)cc12. The fourth-order valence-electron chi connectivity index (χ4n) is 20.4. The molecule has 0 aliphatic heterocycles. The zero-order chi connectivity index (χ0) is 84.0. The molecule has 8 heterocycles. The Morgan fingerprint density at radius 2 is 0.375 bits per heavy atom. The van der Waals surface area contributed by atoms with E-state index in [1.807, 2.05) is 35.6 Å². The highest BCUT2D eigenvalue weighted by atomic mass is 32.1. The molecule has 0 N–H and O–H groups in total. The first-order valence-electron chi connectivity index (χ1n) is 43.7. The zero-order valence-corrected chi connectivity index (χ0v) is 70.1. The third-order valence-electron chi connectivity index (χ3n) is 26.2. The van der Waals surface area contributed by atoms with Gasteiger partial charge in [0.2, 0.25) is 0 Å². The number of rotatable bonds is 9. The molecule has 28 rings (SSSR count). The van der Waals surface area contributed by atoms with Gasteiger partial charge >= 0.3 is 0 Å². The second-order valence-corrected chi connectivity index (χ2v) is 34.5. The normalized spacial score (nSPS) is 11.9. The first kappa shape index (κ1) is 72.8. The smallest absolute Gasteiger partial charge is 0.135 e. The molecule has 7 nitrogen and oxygen atoms in total. The summed E-state index contributed by atoms with van der Waals surface area (Å²) in [5.41, 5.74) is 31.0. The maximum Gasteiger partial charge on any atom is 0.135 e. The molecule has 28 aromatic rings. The van der Waals surface area contributed by atoms with Gasteiger partial charge in [-0.05, 0) is 214 Å². The predicted octanol–water partition coefficient (Wildman–Crippen LogP) is 33.4. The highest BCUT2D eigenvalue weighted by Gasteiger charge is 2.23. The van der Waals surface area contributed by atoms with E-state index in [0.29, 0.717) is 0 Å². The molecular weight excluding hydrogens is 1580 g/mol. The highest BCUT2D eigenvalue weighted by molar-refractivity contribution is 7.25. The number of para-hydroxylation sites is 12. The molecule has 128 heavy (non-hydrogen) atoms. The monoisotopic (exact) mass is 1650 g/mol. The lowest BCUT2D eigenvalue weighted by molar-refractivity contribution is 0.668. The minimum absolute atomic E-state index is 0.904. The largest absolute Gasteiger partial charge is 0.456 e. The van der Waals surface area contributed by atoms with Gasteiger partial charge < -0.3 is 31.7 Å². The molecule has 20 aromatic carbocycles. The summed E-state index contributed by atoms with van der Waals surface area (Å²) in [5.74, 6) is 0. The van der Waals surface area contributed by atoms with Crippen molar-refractivity contribution >= 4 is 184 Å². The molecule has 8 heteroatoms. The summed E-state index contributed by atoms with van der Waals surface area (Å²) in [6.07, 6.45) is 0. The van der Waals surface area contributed by atoms with Crippen LogP contribution in [0.4, 0.5) is 0 Å². The molecule has 0 radical (unpaired) electrons. The van der Waals surface area contributed by atoms with E-state index in [1.165, 1.54) is 168 Å². The molecule has 0 amide bonds. The fourth-order valence-corrected chi connectivity index (χ4v) is 21.5. The van der Waals surface area contributed by atoms with Gasteiger partial charge in [0.15, 0.2) is 0 Å². The lowest BCUT2D eigenvalue weighted by Crippen LogP contribution is -2.00. The summed E-state index contributed by atoms with van der Waals surface area (Å²) >= 11 is 1.87. The Morgan fingerprint density at radius 1 is 0.133 bits per heavy atom. The molecule has 8 aromatic heterocycles. The molecular formula is C120H75N5O2S. The number of benzene rings is 20. The van der Waals surface area contributed by atoms with Crippen molar-refractivity contribution in [2.75, 3.05) is 0 Å². The van der Waals surface area contributed by atoms with Crippen molar-refractivity contribution in [3.63, 3.8) is 0 Å². The van der Waals surface area contributed by atoms with Crippen molar-refractivity contribution in [2.45, 2.75) is 0 Å². The van der Waals surface area contributed by atoms with Crippen molar-refractivity contribution in [3.05, 3.63) is 455 Å². The van der Waals surface area contributed by atoms with E-state index in [4.69, 9.17) is 8.83 Å². The van der Waals surface area contributed by atoms with Gasteiger partial charge in [-0.2, -0.15) is 0 Å². The number of hydrogen-bond donors (Lipinski definition) is 0. The van der Waals surface area contributed by atoms with Gasteiger partial charge in [-0.3, -0.25) is 0 Å². The van der Waals surface area contributed by atoms with Crippen LogP contribution in [0.1, 0.15) is 0 Å². The summed E-state index contributed by atoms with van der Waals surface area (Å²) < 4.78 is 26.9. The Kier molecular flexibility index (Phi) is 16.8. The quantitative estimate of drug-likeness (QED) is 0.145. The van der Waals surface area contributed by atoms with Gasteiger partial charge in [-0.15, -0.1) is 11.3 Å².